The number of fused-ring (bicyclic) bond motifs is 7. The molecule has 2 aliphatic heterocycles. The van der Waals surface area contributed by atoms with E-state index in [9.17, 15) is 19.8 Å². The van der Waals surface area contributed by atoms with Gasteiger partial charge in [0, 0.05) is 65.4 Å². The van der Waals surface area contributed by atoms with Crippen LogP contribution in [0.2, 0.25) is 0 Å². The summed E-state index contributed by atoms with van der Waals surface area (Å²) in [6, 6.07) is 16.3. The molecular formula is C52H54N2O6S4. The van der Waals surface area contributed by atoms with Crippen LogP contribution in [0.1, 0.15) is 125 Å². The minimum Gasteiger partial charge on any atom is -0.871 e. The third-order valence-electron chi connectivity index (χ3n) is 13.7. The summed E-state index contributed by atoms with van der Waals surface area (Å²) < 4.78 is 21.0. The van der Waals surface area contributed by atoms with Crippen LogP contribution in [0.4, 0.5) is 0 Å². The molecule has 8 nitrogen and oxygen atoms in total. The molecule has 2 atom stereocenters. The number of benzene rings is 2. The molecule has 10 rings (SSSR count). The number of rotatable bonds is 16. The van der Waals surface area contributed by atoms with Gasteiger partial charge in [0.2, 0.25) is 11.0 Å². The van der Waals surface area contributed by atoms with E-state index < -0.39 is 0 Å². The SMILES string of the molecule is CCCCC(CC)COc1ccc2sc3[n+](c2c1)CCC/C3=C1/C(=O)C(c2cc3sc(C4=C([O-])/C(=C5\CCC[n+]6c5sc5ccc(OCC(CC)CCCC)cc56)C4=O)cc3s2)=C1[O-]. The van der Waals surface area contributed by atoms with E-state index in [1.165, 1.54) is 61.2 Å². The molecule has 6 heterocycles. The van der Waals surface area contributed by atoms with Crippen LogP contribution in [0, 0.1) is 11.8 Å². The summed E-state index contributed by atoms with van der Waals surface area (Å²) >= 11 is 6.04. The number of aromatic nitrogens is 2. The first-order chi connectivity index (χ1) is 31.2. The Bertz CT molecular complexity index is 2760. The first kappa shape index (κ1) is 43.3. The number of ketones is 2. The molecule has 0 bridgehead atoms. The molecule has 64 heavy (non-hydrogen) atoms. The fourth-order valence-corrected chi connectivity index (χ4v) is 14.8. The molecule has 2 aromatic carbocycles. The monoisotopic (exact) mass is 930 g/mol. The second-order valence-corrected chi connectivity index (χ2v) is 22.0. The highest BCUT2D eigenvalue weighted by molar-refractivity contribution is 7.29. The van der Waals surface area contributed by atoms with Gasteiger partial charge >= 0.3 is 0 Å². The van der Waals surface area contributed by atoms with Crippen LogP contribution in [0.15, 0.2) is 71.2 Å². The van der Waals surface area contributed by atoms with E-state index in [1.807, 2.05) is 24.3 Å². The molecule has 0 amide bonds. The molecule has 0 N–H and O–H groups in total. The Morgan fingerprint density at radius 3 is 1.41 bits per heavy atom. The van der Waals surface area contributed by atoms with Gasteiger partial charge < -0.3 is 19.7 Å². The third-order valence-corrected chi connectivity index (χ3v) is 18.4. The van der Waals surface area contributed by atoms with E-state index >= 15 is 0 Å². The van der Waals surface area contributed by atoms with E-state index in [1.54, 1.807) is 22.7 Å². The fraction of sp³-hybridized carbons (Fsp3) is 0.423. The Morgan fingerprint density at radius 2 is 1.02 bits per heavy atom. The average molecular weight is 931 g/mol. The highest BCUT2D eigenvalue weighted by Crippen LogP contribution is 2.50. The van der Waals surface area contributed by atoms with E-state index in [2.05, 4.69) is 61.1 Å². The highest BCUT2D eigenvalue weighted by Gasteiger charge is 2.40. The van der Waals surface area contributed by atoms with Crippen LogP contribution in [-0.4, -0.2) is 24.8 Å². The Kier molecular flexibility index (Phi) is 12.2. The lowest BCUT2D eigenvalue weighted by Gasteiger charge is -2.32. The quantitative estimate of drug-likeness (QED) is 0.0707. The van der Waals surface area contributed by atoms with Crippen molar-refractivity contribution in [2.45, 2.75) is 118 Å². The molecule has 0 saturated heterocycles. The van der Waals surface area contributed by atoms with Gasteiger partial charge in [-0.25, -0.2) is 0 Å². The molecule has 2 aliphatic carbocycles. The van der Waals surface area contributed by atoms with Crippen molar-refractivity contribution in [1.29, 1.82) is 0 Å². The Balaban J connectivity index is 0.885. The number of nitrogens with zero attached hydrogens (tertiary/aromatic N) is 2. The third kappa shape index (κ3) is 7.55. The minimum atomic E-state index is -0.195. The largest absolute Gasteiger partial charge is 0.871 e. The van der Waals surface area contributed by atoms with Gasteiger partial charge in [0.05, 0.1) is 25.3 Å². The molecule has 4 aliphatic rings. The van der Waals surface area contributed by atoms with Crippen LogP contribution in [-0.2, 0) is 22.7 Å². The van der Waals surface area contributed by atoms with E-state index in [0.29, 0.717) is 58.8 Å². The predicted octanol–water partition coefficient (Wildman–Crippen LogP) is 11.0. The van der Waals surface area contributed by atoms with Gasteiger partial charge in [-0.1, -0.05) is 100 Å². The summed E-state index contributed by atoms with van der Waals surface area (Å²) in [5.41, 5.74) is 4.96. The zero-order chi connectivity index (χ0) is 44.2. The molecule has 12 heteroatoms. The summed E-state index contributed by atoms with van der Waals surface area (Å²) in [6.07, 6.45) is 12.4. The number of carbonyl (C=O) groups excluding carboxylic acids is 2. The van der Waals surface area contributed by atoms with Gasteiger partial charge in [-0.05, 0) is 73.9 Å². The zero-order valence-electron chi connectivity index (χ0n) is 37.1. The van der Waals surface area contributed by atoms with Crippen molar-refractivity contribution in [3.05, 3.63) is 91.0 Å². The van der Waals surface area contributed by atoms with Gasteiger partial charge in [-0.2, -0.15) is 9.13 Å². The fourth-order valence-electron chi connectivity index (χ4n) is 9.79. The van der Waals surface area contributed by atoms with Crippen molar-refractivity contribution < 1.29 is 38.4 Å². The van der Waals surface area contributed by atoms with Crippen molar-refractivity contribution in [2.24, 2.45) is 11.8 Å². The van der Waals surface area contributed by atoms with Crippen LogP contribution >= 0.6 is 45.3 Å². The zero-order valence-corrected chi connectivity index (χ0v) is 40.3. The molecule has 2 unspecified atom stereocenters. The number of Topliss-reactive ketones (excluding diaryl/α,β-unsaturated/α-hetero) is 2. The molecule has 4 aromatic heterocycles. The summed E-state index contributed by atoms with van der Waals surface area (Å²) in [7, 11) is 0. The first-order valence-corrected chi connectivity index (χ1v) is 26.6. The lowest BCUT2D eigenvalue weighted by Crippen LogP contribution is -2.40. The second kappa shape index (κ2) is 18.0. The summed E-state index contributed by atoms with van der Waals surface area (Å²) in [5, 5.41) is 29.8. The Hall–Kier alpha value is -4.62. The van der Waals surface area contributed by atoms with Gasteiger partial charge in [0.1, 0.15) is 20.9 Å². The predicted molar refractivity (Wildman–Crippen MR) is 258 cm³/mol. The highest BCUT2D eigenvalue weighted by atomic mass is 32.1. The summed E-state index contributed by atoms with van der Waals surface area (Å²) in [5.74, 6) is 2.01. The minimum absolute atomic E-state index is 0.195. The van der Waals surface area contributed by atoms with Gasteiger partial charge in [0.15, 0.2) is 24.7 Å². The number of thiophene rings is 2. The lowest BCUT2D eigenvalue weighted by molar-refractivity contribution is -0.672. The van der Waals surface area contributed by atoms with E-state index in [-0.39, 0.29) is 34.2 Å². The van der Waals surface area contributed by atoms with Gasteiger partial charge in [0.25, 0.3) is 10.0 Å². The number of carbonyl (C=O) groups is 2. The molecule has 332 valence electrons. The number of aryl methyl sites for hydroxylation is 2. The molecule has 0 radical (unpaired) electrons. The summed E-state index contributed by atoms with van der Waals surface area (Å²) in [6.45, 7) is 12.0. The molecule has 0 fully saturated rings. The Labute approximate surface area is 390 Å². The molecule has 6 aromatic rings. The maximum absolute atomic E-state index is 13.9. The lowest BCUT2D eigenvalue weighted by atomic mass is 9.82. The van der Waals surface area contributed by atoms with Crippen molar-refractivity contribution >= 4 is 109 Å². The number of thiazole rings is 2. The summed E-state index contributed by atoms with van der Waals surface area (Å²) in [4.78, 5) is 29.1. The maximum Gasteiger partial charge on any atom is 0.266 e. The van der Waals surface area contributed by atoms with Crippen molar-refractivity contribution in [3.8, 4) is 11.5 Å². The smallest absolute Gasteiger partial charge is 0.266 e. The standard InChI is InChI=1S/C52H54N2O6S4/c1-5-9-13-29(7-3)27-59-31-17-19-37-35(23-31)53-21-11-15-33(51(53)63-37)43-47(55)45(48(43)56)41-25-39-40(61-41)26-42(62-39)46-49(57)44(50(46)58)34-16-12-22-54-36-24-32(18-20-38(36)64-52(34)54)60-28-30(8-4)14-10-6-2/h17-20,23-26,29-30H,5-16,21-22,27-28H2,1-4H3. The van der Waals surface area contributed by atoms with E-state index in [0.717, 1.165) is 101 Å². The molecule has 0 spiro atoms. The Morgan fingerprint density at radius 1 is 0.578 bits per heavy atom. The van der Waals surface area contributed by atoms with Crippen molar-refractivity contribution in [3.63, 3.8) is 0 Å². The number of hydrogen-bond donors (Lipinski definition) is 0. The van der Waals surface area contributed by atoms with Crippen LogP contribution in [0.5, 0.6) is 11.5 Å². The van der Waals surface area contributed by atoms with E-state index in [4.69, 9.17) is 9.47 Å². The average Bonchev–Trinajstić information content (AvgIpc) is 4.08. The maximum atomic E-state index is 13.9. The van der Waals surface area contributed by atoms with Crippen molar-refractivity contribution in [2.75, 3.05) is 13.2 Å². The van der Waals surface area contributed by atoms with Crippen LogP contribution in [0.3, 0.4) is 0 Å². The first-order valence-electron chi connectivity index (χ1n) is 23.3. The number of ether oxygens (including phenoxy) is 2. The number of unbranched alkanes of at least 4 members (excludes halogenated alkanes) is 2. The van der Waals surface area contributed by atoms with Crippen molar-refractivity contribution in [1.82, 2.24) is 0 Å². The van der Waals surface area contributed by atoms with Gasteiger partial charge in [-0.15, -0.1) is 22.7 Å². The topological polar surface area (TPSA) is 106 Å². The number of hydrogen-bond acceptors (Lipinski definition) is 10. The molecular weight excluding hydrogens is 877 g/mol. The normalized spacial score (nSPS) is 19.7. The van der Waals surface area contributed by atoms with Crippen LogP contribution in [0.25, 0.3) is 52.1 Å². The second-order valence-electron chi connectivity index (χ2n) is 17.8. The number of allylic oxidation sites excluding steroid dienone is 6. The van der Waals surface area contributed by atoms with Crippen LogP contribution < -0.4 is 28.8 Å². The molecule has 0 saturated carbocycles. The van der Waals surface area contributed by atoms with Gasteiger partial charge in [-0.3, -0.25) is 9.59 Å².